The second kappa shape index (κ2) is 6.21. The van der Waals surface area contributed by atoms with Gasteiger partial charge in [0, 0.05) is 18.0 Å². The summed E-state index contributed by atoms with van der Waals surface area (Å²) in [5.41, 5.74) is 2.02. The number of pyridine rings is 1. The molecule has 4 rings (SSSR count). The first-order valence-electron chi connectivity index (χ1n) is 7.28. The Morgan fingerprint density at radius 1 is 1.00 bits per heavy atom. The van der Waals surface area contributed by atoms with E-state index in [2.05, 4.69) is 20.3 Å². The van der Waals surface area contributed by atoms with Crippen molar-refractivity contribution in [2.75, 3.05) is 7.11 Å². The first kappa shape index (κ1) is 14.5. The molecule has 6 nitrogen and oxygen atoms in total. The van der Waals surface area contributed by atoms with Gasteiger partial charge >= 0.3 is 0 Å². The quantitative estimate of drug-likeness (QED) is 0.572. The third kappa shape index (κ3) is 2.77. The zero-order valence-electron chi connectivity index (χ0n) is 12.8. The largest absolute Gasteiger partial charge is 0.497 e. The molecule has 3 aromatic heterocycles. The number of aromatic nitrogens is 5. The van der Waals surface area contributed by atoms with Crippen molar-refractivity contribution in [1.29, 1.82) is 0 Å². The van der Waals surface area contributed by atoms with Crippen LogP contribution in [0.4, 0.5) is 0 Å². The Bertz CT molecular complexity index is 989. The van der Waals surface area contributed by atoms with Gasteiger partial charge in [-0.05, 0) is 35.9 Å². The van der Waals surface area contributed by atoms with Gasteiger partial charge in [-0.3, -0.25) is 4.98 Å². The van der Waals surface area contributed by atoms with E-state index in [1.165, 1.54) is 11.3 Å². The smallest absolute Gasteiger partial charge is 0.235 e. The van der Waals surface area contributed by atoms with Crippen LogP contribution in [0.1, 0.15) is 10.6 Å². The van der Waals surface area contributed by atoms with Crippen LogP contribution in [0, 0.1) is 0 Å². The number of hydrogen-bond acceptors (Lipinski definition) is 6. The molecule has 118 valence electrons. The molecule has 1 aromatic carbocycles. The van der Waals surface area contributed by atoms with Crippen molar-refractivity contribution < 1.29 is 4.74 Å². The van der Waals surface area contributed by atoms with Crippen molar-refractivity contribution >= 4 is 28.4 Å². The molecule has 0 N–H and O–H groups in total. The molecule has 0 saturated heterocycles. The summed E-state index contributed by atoms with van der Waals surface area (Å²) < 4.78 is 6.92. The predicted octanol–water partition coefficient (Wildman–Crippen LogP) is 3.43. The summed E-state index contributed by atoms with van der Waals surface area (Å²) in [7, 11) is 1.66. The van der Waals surface area contributed by atoms with E-state index < -0.39 is 0 Å². The van der Waals surface area contributed by atoms with E-state index in [4.69, 9.17) is 4.74 Å². The van der Waals surface area contributed by atoms with Crippen LogP contribution in [0.3, 0.4) is 0 Å². The Labute approximate surface area is 142 Å². The highest BCUT2D eigenvalue weighted by Gasteiger charge is 2.11. The summed E-state index contributed by atoms with van der Waals surface area (Å²) in [6.45, 7) is 0. The van der Waals surface area contributed by atoms with Crippen LogP contribution in [0.5, 0.6) is 5.75 Å². The number of hydrogen-bond donors (Lipinski definition) is 0. The molecule has 0 aliphatic carbocycles. The first-order valence-corrected chi connectivity index (χ1v) is 8.10. The molecule has 0 bridgehead atoms. The molecule has 0 aliphatic heterocycles. The lowest BCUT2D eigenvalue weighted by molar-refractivity contribution is 0.415. The van der Waals surface area contributed by atoms with Gasteiger partial charge < -0.3 is 4.74 Å². The molecular formula is C17H13N5OS. The van der Waals surface area contributed by atoms with E-state index in [-0.39, 0.29) is 0 Å². The van der Waals surface area contributed by atoms with Gasteiger partial charge in [-0.2, -0.15) is 9.61 Å². The SMILES string of the molecule is COc1ccc(C=Cc2nn3c(-c4ccncc4)nnc3s2)cc1. The van der Waals surface area contributed by atoms with Gasteiger partial charge in [0.2, 0.25) is 4.96 Å². The Morgan fingerprint density at radius 3 is 2.54 bits per heavy atom. The van der Waals surface area contributed by atoms with Crippen molar-refractivity contribution in [3.8, 4) is 17.1 Å². The maximum Gasteiger partial charge on any atom is 0.235 e. The lowest BCUT2D eigenvalue weighted by atomic mass is 10.2. The molecule has 0 amide bonds. The normalized spacial score (nSPS) is 11.4. The molecule has 0 spiro atoms. The Morgan fingerprint density at radius 2 is 1.79 bits per heavy atom. The fourth-order valence-electron chi connectivity index (χ4n) is 2.26. The fourth-order valence-corrected chi connectivity index (χ4v) is 3.00. The molecule has 0 atom stereocenters. The monoisotopic (exact) mass is 335 g/mol. The molecule has 4 aromatic rings. The third-order valence-corrected chi connectivity index (χ3v) is 4.34. The van der Waals surface area contributed by atoms with Crippen molar-refractivity contribution in [2.24, 2.45) is 0 Å². The number of rotatable bonds is 4. The topological polar surface area (TPSA) is 65.2 Å². The summed E-state index contributed by atoms with van der Waals surface area (Å²) in [6, 6.07) is 11.6. The minimum Gasteiger partial charge on any atom is -0.497 e. The van der Waals surface area contributed by atoms with Crippen molar-refractivity contribution in [1.82, 2.24) is 24.8 Å². The summed E-state index contributed by atoms with van der Waals surface area (Å²) in [4.78, 5) is 4.78. The molecule has 24 heavy (non-hydrogen) atoms. The van der Waals surface area contributed by atoms with Gasteiger partial charge in [-0.25, -0.2) is 0 Å². The highest BCUT2D eigenvalue weighted by Crippen LogP contribution is 2.22. The average molecular weight is 335 g/mol. The van der Waals surface area contributed by atoms with Crippen LogP contribution in [0.15, 0.2) is 48.8 Å². The van der Waals surface area contributed by atoms with E-state index >= 15 is 0 Å². The molecule has 0 fully saturated rings. The van der Waals surface area contributed by atoms with Gasteiger partial charge in [0.05, 0.1) is 7.11 Å². The summed E-state index contributed by atoms with van der Waals surface area (Å²) >= 11 is 1.49. The minimum atomic E-state index is 0.716. The van der Waals surface area contributed by atoms with Crippen molar-refractivity contribution in [3.63, 3.8) is 0 Å². The number of benzene rings is 1. The maximum absolute atomic E-state index is 5.16. The Balaban J connectivity index is 1.63. The number of ether oxygens (including phenoxy) is 1. The minimum absolute atomic E-state index is 0.716. The maximum atomic E-state index is 5.16. The van der Waals surface area contributed by atoms with E-state index in [1.807, 2.05) is 48.6 Å². The summed E-state index contributed by atoms with van der Waals surface area (Å²) in [5.74, 6) is 1.56. The van der Waals surface area contributed by atoms with Gasteiger partial charge in [0.15, 0.2) is 5.82 Å². The average Bonchev–Trinajstić information content (AvgIpc) is 3.21. The molecule has 3 heterocycles. The fraction of sp³-hybridized carbons (Fsp3) is 0.0588. The number of methoxy groups -OCH3 is 1. The van der Waals surface area contributed by atoms with Gasteiger partial charge in [0.25, 0.3) is 0 Å². The second-order valence-corrected chi connectivity index (χ2v) is 5.99. The molecule has 0 radical (unpaired) electrons. The molecule has 0 unspecified atom stereocenters. The van der Waals surface area contributed by atoms with E-state index in [0.29, 0.717) is 5.82 Å². The molecule has 0 aliphatic rings. The Kier molecular flexibility index (Phi) is 3.76. The van der Waals surface area contributed by atoms with Crippen LogP contribution < -0.4 is 4.74 Å². The van der Waals surface area contributed by atoms with Gasteiger partial charge in [-0.1, -0.05) is 29.5 Å². The van der Waals surface area contributed by atoms with Crippen molar-refractivity contribution in [3.05, 3.63) is 59.4 Å². The second-order valence-electron chi connectivity index (χ2n) is 5.00. The highest BCUT2D eigenvalue weighted by molar-refractivity contribution is 7.17. The first-order chi connectivity index (χ1) is 11.8. The zero-order chi connectivity index (χ0) is 16.4. The van der Waals surface area contributed by atoms with E-state index in [1.54, 1.807) is 24.0 Å². The molecule has 7 heteroatoms. The zero-order valence-corrected chi connectivity index (χ0v) is 13.6. The van der Waals surface area contributed by atoms with Crippen molar-refractivity contribution in [2.45, 2.75) is 0 Å². The number of nitrogens with zero attached hydrogens (tertiary/aromatic N) is 5. The lowest BCUT2D eigenvalue weighted by Crippen LogP contribution is -1.90. The Hall–Kier alpha value is -3.06. The highest BCUT2D eigenvalue weighted by atomic mass is 32.1. The van der Waals surface area contributed by atoms with E-state index in [9.17, 15) is 0 Å². The summed E-state index contributed by atoms with van der Waals surface area (Å²) in [6.07, 6.45) is 7.44. The van der Waals surface area contributed by atoms with Gasteiger partial charge in [-0.15, -0.1) is 10.2 Å². The van der Waals surface area contributed by atoms with Gasteiger partial charge in [0.1, 0.15) is 10.8 Å². The molecular weight excluding hydrogens is 322 g/mol. The van der Waals surface area contributed by atoms with Crippen LogP contribution in [-0.2, 0) is 0 Å². The van der Waals surface area contributed by atoms with E-state index in [0.717, 1.165) is 26.8 Å². The van der Waals surface area contributed by atoms with Crippen LogP contribution in [0.2, 0.25) is 0 Å². The molecule has 0 saturated carbocycles. The van der Waals surface area contributed by atoms with Crippen LogP contribution in [0.25, 0.3) is 28.5 Å². The summed E-state index contributed by atoms with van der Waals surface area (Å²) in [5, 5.41) is 13.8. The van der Waals surface area contributed by atoms with Crippen LogP contribution in [-0.4, -0.2) is 31.9 Å². The van der Waals surface area contributed by atoms with Crippen LogP contribution >= 0.6 is 11.3 Å². The standard InChI is InChI=1S/C17H13N5OS/c1-23-14-5-2-12(3-6-14)4-7-15-21-22-16(19-20-17(22)24-15)13-8-10-18-11-9-13/h2-11H,1H3. The number of fused-ring (bicyclic) bond motifs is 1. The predicted molar refractivity (Wildman–Crippen MR) is 93.8 cm³/mol. The lowest BCUT2D eigenvalue weighted by Gasteiger charge is -1.98. The third-order valence-electron chi connectivity index (χ3n) is 3.48.